The molecule has 1 nitrogen and oxygen atoms in total. The molecule has 1 heteroatoms. The van der Waals surface area contributed by atoms with Crippen molar-refractivity contribution in [2.24, 2.45) is 0 Å². The molecule has 0 radical (unpaired) electrons. The minimum atomic E-state index is 0.0809. The van der Waals surface area contributed by atoms with E-state index < -0.39 is 0 Å². The van der Waals surface area contributed by atoms with E-state index in [4.69, 9.17) is 4.74 Å². The van der Waals surface area contributed by atoms with Crippen LogP contribution in [0.1, 0.15) is 59.8 Å². The number of hydrogen-bond acceptors (Lipinski definition) is 1. The highest BCUT2D eigenvalue weighted by atomic mass is 16.5. The first-order chi connectivity index (χ1) is 6.58. The molecule has 0 aliphatic carbocycles. The summed E-state index contributed by atoms with van der Waals surface area (Å²) in [4.78, 5) is 0. The Hall–Kier alpha value is -0.300. The summed E-state index contributed by atoms with van der Waals surface area (Å²) in [7, 11) is 1.83. The van der Waals surface area contributed by atoms with Gasteiger partial charge in [0.2, 0.25) is 0 Å². The van der Waals surface area contributed by atoms with E-state index in [1.165, 1.54) is 12.0 Å². The van der Waals surface area contributed by atoms with Gasteiger partial charge < -0.3 is 4.74 Å². The summed E-state index contributed by atoms with van der Waals surface area (Å²) >= 11 is 0. The number of ether oxygens (including phenoxy) is 1. The Bertz CT molecular complexity index is 172. The quantitative estimate of drug-likeness (QED) is 0.553. The van der Waals surface area contributed by atoms with Crippen molar-refractivity contribution >= 4 is 0 Å². The van der Waals surface area contributed by atoms with Gasteiger partial charge in [0.05, 0.1) is 5.60 Å². The molecule has 0 saturated carbocycles. The lowest BCUT2D eigenvalue weighted by Crippen LogP contribution is -2.26. The van der Waals surface area contributed by atoms with Crippen LogP contribution in [0.4, 0.5) is 0 Å². The Balaban J connectivity index is 4.00. The Kier molecular flexibility index (Phi) is 6.90. The Morgan fingerprint density at radius 2 is 1.93 bits per heavy atom. The van der Waals surface area contributed by atoms with Gasteiger partial charge in [-0.1, -0.05) is 31.9 Å². The second kappa shape index (κ2) is 7.05. The third-order valence-corrected chi connectivity index (χ3v) is 2.87. The molecule has 1 unspecified atom stereocenters. The first-order valence-corrected chi connectivity index (χ1v) is 5.78. The summed E-state index contributed by atoms with van der Waals surface area (Å²) < 4.78 is 5.58. The van der Waals surface area contributed by atoms with Crippen LogP contribution in [0.5, 0.6) is 0 Å². The SMILES string of the molecule is CCC=C(C)CCC(C)(CCC)OC. The van der Waals surface area contributed by atoms with E-state index in [2.05, 4.69) is 33.8 Å². The van der Waals surface area contributed by atoms with Crippen LogP contribution in [0, 0.1) is 0 Å². The van der Waals surface area contributed by atoms with Crippen LogP contribution in [0.15, 0.2) is 11.6 Å². The lowest BCUT2D eigenvalue weighted by Gasteiger charge is -2.27. The van der Waals surface area contributed by atoms with Crippen LogP contribution in [-0.4, -0.2) is 12.7 Å². The molecular formula is C13H26O. The summed E-state index contributed by atoms with van der Waals surface area (Å²) in [5.74, 6) is 0. The Morgan fingerprint density at radius 1 is 1.29 bits per heavy atom. The molecule has 0 aromatic carbocycles. The fraction of sp³-hybridized carbons (Fsp3) is 0.846. The molecular weight excluding hydrogens is 172 g/mol. The maximum absolute atomic E-state index is 5.58. The molecule has 0 heterocycles. The minimum Gasteiger partial charge on any atom is -0.379 e. The molecule has 0 spiro atoms. The van der Waals surface area contributed by atoms with E-state index in [1.807, 2.05) is 7.11 Å². The van der Waals surface area contributed by atoms with E-state index in [-0.39, 0.29) is 5.60 Å². The molecule has 0 rings (SSSR count). The van der Waals surface area contributed by atoms with Gasteiger partial charge in [-0.05, 0) is 39.5 Å². The summed E-state index contributed by atoms with van der Waals surface area (Å²) in [5, 5.41) is 0. The fourth-order valence-electron chi connectivity index (χ4n) is 1.77. The van der Waals surface area contributed by atoms with Gasteiger partial charge in [-0.3, -0.25) is 0 Å². The summed E-state index contributed by atoms with van der Waals surface area (Å²) in [6.45, 7) is 8.83. The second-order valence-electron chi connectivity index (χ2n) is 4.36. The summed E-state index contributed by atoms with van der Waals surface area (Å²) in [6, 6.07) is 0. The average molecular weight is 198 g/mol. The van der Waals surface area contributed by atoms with Gasteiger partial charge in [0.1, 0.15) is 0 Å². The third kappa shape index (κ3) is 5.43. The maximum atomic E-state index is 5.58. The van der Waals surface area contributed by atoms with Crippen LogP contribution >= 0.6 is 0 Å². The van der Waals surface area contributed by atoms with Gasteiger partial charge in [-0.25, -0.2) is 0 Å². The summed E-state index contributed by atoms with van der Waals surface area (Å²) in [5.41, 5.74) is 1.57. The van der Waals surface area contributed by atoms with E-state index >= 15 is 0 Å². The third-order valence-electron chi connectivity index (χ3n) is 2.87. The minimum absolute atomic E-state index is 0.0809. The van der Waals surface area contributed by atoms with Crippen LogP contribution in [0.3, 0.4) is 0 Å². The van der Waals surface area contributed by atoms with Gasteiger partial charge in [-0.15, -0.1) is 0 Å². The van der Waals surface area contributed by atoms with Crippen LogP contribution in [0.2, 0.25) is 0 Å². The number of allylic oxidation sites excluding steroid dienone is 2. The van der Waals surface area contributed by atoms with Gasteiger partial charge >= 0.3 is 0 Å². The zero-order valence-corrected chi connectivity index (χ0v) is 10.5. The Morgan fingerprint density at radius 3 is 2.36 bits per heavy atom. The lowest BCUT2D eigenvalue weighted by molar-refractivity contribution is -0.00842. The highest BCUT2D eigenvalue weighted by Crippen LogP contribution is 2.24. The highest BCUT2D eigenvalue weighted by Gasteiger charge is 2.21. The van der Waals surface area contributed by atoms with Crippen molar-refractivity contribution in [2.45, 2.75) is 65.4 Å². The average Bonchev–Trinajstić information content (AvgIpc) is 2.16. The highest BCUT2D eigenvalue weighted by molar-refractivity contribution is 4.98. The van der Waals surface area contributed by atoms with Gasteiger partial charge in [0.15, 0.2) is 0 Å². The van der Waals surface area contributed by atoms with Crippen molar-refractivity contribution in [3.8, 4) is 0 Å². The molecule has 0 saturated heterocycles. The first-order valence-electron chi connectivity index (χ1n) is 5.78. The van der Waals surface area contributed by atoms with E-state index in [0.717, 1.165) is 25.7 Å². The van der Waals surface area contributed by atoms with Crippen molar-refractivity contribution < 1.29 is 4.74 Å². The predicted octanol–water partition coefficient (Wildman–Crippen LogP) is 4.33. The van der Waals surface area contributed by atoms with Crippen molar-refractivity contribution in [1.29, 1.82) is 0 Å². The second-order valence-corrected chi connectivity index (χ2v) is 4.36. The van der Waals surface area contributed by atoms with Crippen molar-refractivity contribution in [3.05, 3.63) is 11.6 Å². The monoisotopic (exact) mass is 198 g/mol. The van der Waals surface area contributed by atoms with Crippen molar-refractivity contribution in [2.75, 3.05) is 7.11 Å². The van der Waals surface area contributed by atoms with Gasteiger partial charge in [0, 0.05) is 7.11 Å². The number of rotatable bonds is 7. The van der Waals surface area contributed by atoms with E-state index in [0.29, 0.717) is 0 Å². The molecule has 0 N–H and O–H groups in total. The molecule has 0 fully saturated rings. The number of methoxy groups -OCH3 is 1. The molecule has 0 aliphatic rings. The van der Waals surface area contributed by atoms with Gasteiger partial charge in [0.25, 0.3) is 0 Å². The molecule has 84 valence electrons. The normalized spacial score (nSPS) is 16.8. The first kappa shape index (κ1) is 13.7. The predicted molar refractivity (Wildman–Crippen MR) is 63.6 cm³/mol. The molecule has 14 heavy (non-hydrogen) atoms. The molecule has 0 amide bonds. The Labute approximate surface area is 89.5 Å². The number of hydrogen-bond donors (Lipinski definition) is 0. The van der Waals surface area contributed by atoms with Crippen molar-refractivity contribution in [1.82, 2.24) is 0 Å². The van der Waals surface area contributed by atoms with Gasteiger partial charge in [-0.2, -0.15) is 0 Å². The fourth-order valence-corrected chi connectivity index (χ4v) is 1.77. The zero-order chi connectivity index (χ0) is 11.0. The summed E-state index contributed by atoms with van der Waals surface area (Å²) in [6.07, 6.45) is 8.10. The molecule has 0 aliphatic heterocycles. The molecule has 1 atom stereocenters. The standard InChI is InChI=1S/C13H26O/c1-6-8-12(3)9-11-13(4,14-5)10-7-2/h8H,6-7,9-11H2,1-5H3. The maximum Gasteiger partial charge on any atom is 0.0653 e. The molecule has 0 aromatic rings. The van der Waals surface area contributed by atoms with Crippen molar-refractivity contribution in [3.63, 3.8) is 0 Å². The van der Waals surface area contributed by atoms with Crippen LogP contribution < -0.4 is 0 Å². The largest absolute Gasteiger partial charge is 0.379 e. The topological polar surface area (TPSA) is 9.23 Å². The van der Waals surface area contributed by atoms with Crippen LogP contribution in [-0.2, 0) is 4.74 Å². The zero-order valence-electron chi connectivity index (χ0n) is 10.5. The van der Waals surface area contributed by atoms with Crippen LogP contribution in [0.25, 0.3) is 0 Å². The molecule has 0 aromatic heterocycles. The smallest absolute Gasteiger partial charge is 0.0653 e. The lowest BCUT2D eigenvalue weighted by atomic mass is 9.92. The molecule has 0 bridgehead atoms. The van der Waals surface area contributed by atoms with E-state index in [9.17, 15) is 0 Å². The van der Waals surface area contributed by atoms with E-state index in [1.54, 1.807) is 0 Å².